The van der Waals surface area contributed by atoms with Crippen molar-refractivity contribution in [3.63, 3.8) is 0 Å². The van der Waals surface area contributed by atoms with Crippen LogP contribution in [-0.2, 0) is 7.05 Å². The van der Waals surface area contributed by atoms with E-state index in [0.29, 0.717) is 11.9 Å². The maximum absolute atomic E-state index is 10.0. The van der Waals surface area contributed by atoms with E-state index in [9.17, 15) is 5.11 Å². The van der Waals surface area contributed by atoms with E-state index in [1.165, 1.54) is 0 Å². The average Bonchev–Trinajstić information content (AvgIpc) is 3.15. The van der Waals surface area contributed by atoms with Crippen LogP contribution in [0.5, 0.6) is 0 Å². The summed E-state index contributed by atoms with van der Waals surface area (Å²) in [6.45, 7) is 3.83. The van der Waals surface area contributed by atoms with Crippen LogP contribution < -0.4 is 4.90 Å². The van der Waals surface area contributed by atoms with Gasteiger partial charge >= 0.3 is 0 Å². The molecule has 0 aromatic carbocycles. The van der Waals surface area contributed by atoms with Gasteiger partial charge < -0.3 is 10.0 Å². The number of β-amino-alcohol motifs (C(OH)–C–C–N with tert-alkyl or cyclic N) is 1. The van der Waals surface area contributed by atoms with Crippen LogP contribution in [-0.4, -0.2) is 73.1 Å². The van der Waals surface area contributed by atoms with Gasteiger partial charge in [-0.25, -0.2) is 9.97 Å². The predicted molar refractivity (Wildman–Crippen MR) is 112 cm³/mol. The maximum Gasteiger partial charge on any atom is 0.164 e. The number of likely N-dealkylation sites (tertiary alicyclic amines) is 1. The number of piperidine rings is 2. The largest absolute Gasteiger partial charge is 0.392 e. The Hall–Kier alpha value is -2.58. The molecule has 2 aliphatic heterocycles. The van der Waals surface area contributed by atoms with Gasteiger partial charge in [0.1, 0.15) is 5.82 Å². The number of aliphatic hydroxyl groups is 1. The summed E-state index contributed by atoms with van der Waals surface area (Å²) in [6, 6.07) is 4.43. The molecular formula is C21H27N7O. The number of aryl methyl sites for hydroxylation is 1. The Bertz CT molecular complexity index is 981. The highest BCUT2D eigenvalue weighted by molar-refractivity contribution is 5.88. The lowest BCUT2D eigenvalue weighted by Gasteiger charge is -2.41. The topological polar surface area (TPSA) is 83.2 Å². The van der Waals surface area contributed by atoms with Crippen LogP contribution in [0.1, 0.15) is 25.7 Å². The molecule has 2 aliphatic rings. The molecule has 0 radical (unpaired) electrons. The fourth-order valence-electron chi connectivity index (χ4n) is 4.64. The molecule has 5 heterocycles. The van der Waals surface area contributed by atoms with E-state index in [0.717, 1.165) is 74.3 Å². The zero-order valence-corrected chi connectivity index (χ0v) is 16.8. The molecule has 1 atom stereocenters. The Labute approximate surface area is 170 Å². The van der Waals surface area contributed by atoms with Gasteiger partial charge in [0, 0.05) is 50.7 Å². The molecule has 0 aliphatic carbocycles. The molecule has 5 rings (SSSR count). The van der Waals surface area contributed by atoms with Crippen LogP contribution in [0.3, 0.4) is 0 Å². The molecule has 2 fully saturated rings. The molecule has 8 heteroatoms. The minimum Gasteiger partial charge on any atom is -0.392 e. The molecule has 152 valence electrons. The van der Waals surface area contributed by atoms with Gasteiger partial charge in [-0.3, -0.25) is 14.6 Å². The van der Waals surface area contributed by atoms with E-state index < -0.39 is 0 Å². The van der Waals surface area contributed by atoms with Crippen LogP contribution in [0.25, 0.3) is 22.4 Å². The van der Waals surface area contributed by atoms with Gasteiger partial charge in [-0.15, -0.1) is 0 Å². The second kappa shape index (κ2) is 7.68. The number of aromatic nitrogens is 5. The summed E-state index contributed by atoms with van der Waals surface area (Å²) in [4.78, 5) is 18.6. The Balaban J connectivity index is 1.42. The molecule has 0 spiro atoms. The molecule has 1 N–H and O–H groups in total. The molecule has 0 saturated carbocycles. The summed E-state index contributed by atoms with van der Waals surface area (Å²) in [7, 11) is 1.92. The third-order valence-electron chi connectivity index (χ3n) is 6.22. The number of aliphatic hydroxyl groups excluding tert-OH is 1. The number of rotatable bonds is 3. The van der Waals surface area contributed by atoms with Crippen molar-refractivity contribution in [2.24, 2.45) is 7.05 Å². The van der Waals surface area contributed by atoms with Crippen molar-refractivity contribution in [1.29, 1.82) is 0 Å². The number of nitrogens with zero attached hydrogens (tertiary/aromatic N) is 7. The lowest BCUT2D eigenvalue weighted by Crippen LogP contribution is -2.49. The molecule has 8 nitrogen and oxygen atoms in total. The van der Waals surface area contributed by atoms with Gasteiger partial charge in [-0.2, -0.15) is 5.10 Å². The van der Waals surface area contributed by atoms with Crippen molar-refractivity contribution >= 4 is 16.9 Å². The highest BCUT2D eigenvalue weighted by Gasteiger charge is 2.29. The molecule has 0 amide bonds. The van der Waals surface area contributed by atoms with Crippen molar-refractivity contribution in [3.05, 3.63) is 30.7 Å². The maximum atomic E-state index is 10.0. The molecule has 0 unspecified atom stereocenters. The normalized spacial score (nSPS) is 21.7. The Morgan fingerprint density at radius 1 is 1.03 bits per heavy atom. The molecule has 3 aromatic rings. The van der Waals surface area contributed by atoms with Crippen molar-refractivity contribution in [3.8, 4) is 11.4 Å². The number of hydrogen-bond acceptors (Lipinski definition) is 7. The number of hydrogen-bond donors (Lipinski definition) is 1. The van der Waals surface area contributed by atoms with Gasteiger partial charge in [-0.1, -0.05) is 0 Å². The highest BCUT2D eigenvalue weighted by atomic mass is 16.3. The van der Waals surface area contributed by atoms with E-state index in [-0.39, 0.29) is 6.10 Å². The second-order valence-electron chi connectivity index (χ2n) is 8.12. The number of anilines is 1. The monoisotopic (exact) mass is 393 g/mol. The zero-order valence-electron chi connectivity index (χ0n) is 16.8. The first-order valence-corrected chi connectivity index (χ1v) is 10.5. The van der Waals surface area contributed by atoms with Crippen LogP contribution in [0.15, 0.2) is 30.7 Å². The van der Waals surface area contributed by atoms with Crippen LogP contribution in [0, 0.1) is 0 Å². The predicted octanol–water partition coefficient (Wildman–Crippen LogP) is 1.85. The van der Waals surface area contributed by atoms with Crippen LogP contribution >= 0.6 is 0 Å². The molecule has 3 aromatic heterocycles. The number of pyridine rings is 1. The average molecular weight is 393 g/mol. The van der Waals surface area contributed by atoms with Gasteiger partial charge in [-0.05, 0) is 44.4 Å². The summed E-state index contributed by atoms with van der Waals surface area (Å²) in [5.41, 5.74) is 1.81. The SMILES string of the molecule is Cn1ncc2c(N3CCC(N4CCC[C@@H](O)C4)CC3)nc(-c3ccncc3)nc21. The molecule has 0 bridgehead atoms. The highest BCUT2D eigenvalue weighted by Crippen LogP contribution is 2.30. The molecular weight excluding hydrogens is 366 g/mol. The molecule has 29 heavy (non-hydrogen) atoms. The summed E-state index contributed by atoms with van der Waals surface area (Å²) >= 11 is 0. The summed E-state index contributed by atoms with van der Waals surface area (Å²) in [5, 5.41) is 15.4. The fourth-order valence-corrected chi connectivity index (χ4v) is 4.64. The second-order valence-corrected chi connectivity index (χ2v) is 8.12. The van der Waals surface area contributed by atoms with Crippen molar-refractivity contribution in [2.75, 3.05) is 31.1 Å². The third kappa shape index (κ3) is 3.58. The van der Waals surface area contributed by atoms with E-state index in [1.807, 2.05) is 30.1 Å². The lowest BCUT2D eigenvalue weighted by atomic mass is 9.99. The Morgan fingerprint density at radius 2 is 1.83 bits per heavy atom. The zero-order chi connectivity index (χ0) is 19.8. The Morgan fingerprint density at radius 3 is 2.59 bits per heavy atom. The number of fused-ring (bicyclic) bond motifs is 1. The first-order valence-electron chi connectivity index (χ1n) is 10.5. The summed E-state index contributed by atoms with van der Waals surface area (Å²) < 4.78 is 1.81. The van der Waals surface area contributed by atoms with Gasteiger partial charge in [0.2, 0.25) is 0 Å². The first-order chi connectivity index (χ1) is 14.2. The van der Waals surface area contributed by atoms with E-state index >= 15 is 0 Å². The standard InChI is InChI=1S/C21H27N7O/c1-26-20-18(13-23-26)21(25-19(24-20)15-4-8-22-9-5-15)27-11-6-16(7-12-27)28-10-2-3-17(29)14-28/h4-5,8-9,13,16-17,29H,2-3,6-7,10-12,14H2,1H3/t17-/m1/s1. The van der Waals surface area contributed by atoms with Gasteiger partial charge in [0.25, 0.3) is 0 Å². The van der Waals surface area contributed by atoms with E-state index in [4.69, 9.17) is 9.97 Å². The lowest BCUT2D eigenvalue weighted by molar-refractivity contribution is 0.0398. The van der Waals surface area contributed by atoms with Crippen molar-refractivity contribution < 1.29 is 5.11 Å². The van der Waals surface area contributed by atoms with Gasteiger partial charge in [0.05, 0.1) is 17.7 Å². The summed E-state index contributed by atoms with van der Waals surface area (Å²) in [6.07, 6.45) is 9.45. The van der Waals surface area contributed by atoms with E-state index in [1.54, 1.807) is 12.4 Å². The fraction of sp³-hybridized carbons (Fsp3) is 0.524. The van der Waals surface area contributed by atoms with E-state index in [2.05, 4.69) is 19.9 Å². The summed E-state index contributed by atoms with van der Waals surface area (Å²) in [5.74, 6) is 1.67. The van der Waals surface area contributed by atoms with Crippen LogP contribution in [0.2, 0.25) is 0 Å². The minimum absolute atomic E-state index is 0.165. The first kappa shape index (κ1) is 18.4. The third-order valence-corrected chi connectivity index (χ3v) is 6.22. The minimum atomic E-state index is -0.165. The van der Waals surface area contributed by atoms with Gasteiger partial charge in [0.15, 0.2) is 11.5 Å². The van der Waals surface area contributed by atoms with Crippen molar-refractivity contribution in [2.45, 2.75) is 37.8 Å². The molecule has 2 saturated heterocycles. The van der Waals surface area contributed by atoms with Crippen molar-refractivity contribution in [1.82, 2.24) is 29.6 Å². The van der Waals surface area contributed by atoms with Crippen LogP contribution in [0.4, 0.5) is 5.82 Å². The Kier molecular flexibility index (Phi) is 4.89. The smallest absolute Gasteiger partial charge is 0.164 e. The quantitative estimate of drug-likeness (QED) is 0.727.